The highest BCUT2D eigenvalue weighted by Crippen LogP contribution is 2.25. The molecule has 0 bridgehead atoms. The van der Waals surface area contributed by atoms with E-state index >= 15 is 0 Å². The van der Waals surface area contributed by atoms with E-state index in [0.717, 1.165) is 5.56 Å². The molecular formula is C17H8Cl3N3OS. The van der Waals surface area contributed by atoms with Crippen LogP contribution in [0.2, 0.25) is 15.1 Å². The molecule has 0 atom stereocenters. The van der Waals surface area contributed by atoms with Crippen LogP contribution in [0, 0.1) is 0 Å². The summed E-state index contributed by atoms with van der Waals surface area (Å²) in [6.45, 7) is 0. The molecule has 2 aromatic carbocycles. The normalized spacial score (nSPS) is 12.2. The van der Waals surface area contributed by atoms with E-state index in [9.17, 15) is 4.79 Å². The maximum atomic E-state index is 12.6. The minimum absolute atomic E-state index is 0.260. The fourth-order valence-electron chi connectivity index (χ4n) is 2.33. The van der Waals surface area contributed by atoms with Gasteiger partial charge >= 0.3 is 0 Å². The minimum atomic E-state index is -0.260. The quantitative estimate of drug-likeness (QED) is 0.496. The van der Waals surface area contributed by atoms with Gasteiger partial charge in [-0.05, 0) is 42.5 Å². The van der Waals surface area contributed by atoms with Crippen molar-refractivity contribution in [2.45, 2.75) is 0 Å². The molecule has 0 aliphatic carbocycles. The van der Waals surface area contributed by atoms with Crippen molar-refractivity contribution < 1.29 is 0 Å². The Hall–Kier alpha value is -1.92. The predicted octanol–water partition coefficient (Wildman–Crippen LogP) is 4.33. The summed E-state index contributed by atoms with van der Waals surface area (Å²) in [5, 5.41) is 5.88. The van der Waals surface area contributed by atoms with E-state index in [-0.39, 0.29) is 5.56 Å². The van der Waals surface area contributed by atoms with Gasteiger partial charge in [0.2, 0.25) is 4.96 Å². The van der Waals surface area contributed by atoms with Crippen LogP contribution in [-0.2, 0) is 0 Å². The van der Waals surface area contributed by atoms with E-state index in [2.05, 4.69) is 10.1 Å². The van der Waals surface area contributed by atoms with Crippen molar-refractivity contribution >= 4 is 57.2 Å². The van der Waals surface area contributed by atoms with E-state index in [4.69, 9.17) is 34.8 Å². The zero-order chi connectivity index (χ0) is 17.6. The second-order valence-electron chi connectivity index (χ2n) is 5.19. The highest BCUT2D eigenvalue weighted by molar-refractivity contribution is 7.15. The Kier molecular flexibility index (Phi) is 4.25. The molecular weight excluding hydrogens is 401 g/mol. The van der Waals surface area contributed by atoms with Crippen molar-refractivity contribution in [3.63, 3.8) is 0 Å². The third-order valence-electron chi connectivity index (χ3n) is 3.56. The Labute approximate surface area is 160 Å². The van der Waals surface area contributed by atoms with Crippen LogP contribution in [0.3, 0.4) is 0 Å². The number of nitrogens with zero attached hydrogens (tertiary/aromatic N) is 3. The molecule has 4 rings (SSSR count). The van der Waals surface area contributed by atoms with Crippen LogP contribution in [0.15, 0.2) is 47.3 Å². The molecule has 124 valence electrons. The standard InChI is InChI=1S/C17H8Cl3N3OS/c18-10-6-4-9(5-7-10)15-21-17-23(22-15)16(24)14(25-17)8-11-12(19)2-1-3-13(11)20/h1-8H/b14-8-. The van der Waals surface area contributed by atoms with Crippen LogP contribution >= 0.6 is 46.1 Å². The van der Waals surface area contributed by atoms with Crippen molar-refractivity contribution in [1.82, 2.24) is 14.6 Å². The lowest BCUT2D eigenvalue weighted by Crippen LogP contribution is -2.23. The summed E-state index contributed by atoms with van der Waals surface area (Å²) in [6.07, 6.45) is 1.66. The second kappa shape index (κ2) is 6.42. The SMILES string of the molecule is O=c1/c(=C/c2c(Cl)cccc2Cl)sc2nc(-c3ccc(Cl)cc3)nn12. The number of hydrogen-bond acceptors (Lipinski definition) is 4. The number of halogens is 3. The summed E-state index contributed by atoms with van der Waals surface area (Å²) in [4.78, 5) is 17.5. The first kappa shape index (κ1) is 16.5. The number of thiazole rings is 1. The van der Waals surface area contributed by atoms with Crippen LogP contribution in [0.25, 0.3) is 22.4 Å². The summed E-state index contributed by atoms with van der Waals surface area (Å²) in [6, 6.07) is 12.3. The highest BCUT2D eigenvalue weighted by atomic mass is 35.5. The smallest absolute Gasteiger partial charge is 0.266 e. The minimum Gasteiger partial charge on any atom is -0.266 e. The summed E-state index contributed by atoms with van der Waals surface area (Å²) < 4.78 is 1.75. The summed E-state index contributed by atoms with van der Waals surface area (Å²) in [5.41, 5.74) is 1.13. The van der Waals surface area contributed by atoms with Gasteiger partial charge in [0.15, 0.2) is 5.82 Å². The van der Waals surface area contributed by atoms with Gasteiger partial charge in [0.05, 0.1) is 4.53 Å². The van der Waals surface area contributed by atoms with Crippen molar-refractivity contribution in [3.8, 4) is 11.4 Å². The van der Waals surface area contributed by atoms with Gasteiger partial charge in [-0.15, -0.1) is 5.10 Å². The van der Waals surface area contributed by atoms with E-state index in [0.29, 0.717) is 35.9 Å². The zero-order valence-electron chi connectivity index (χ0n) is 12.4. The molecule has 2 aromatic heterocycles. The van der Waals surface area contributed by atoms with E-state index in [1.807, 2.05) is 12.1 Å². The number of benzene rings is 2. The lowest BCUT2D eigenvalue weighted by molar-refractivity contribution is 0.937. The topological polar surface area (TPSA) is 47.3 Å². The molecule has 0 saturated carbocycles. The fraction of sp³-hybridized carbons (Fsp3) is 0. The Morgan fingerprint density at radius 2 is 1.68 bits per heavy atom. The van der Waals surface area contributed by atoms with Crippen LogP contribution in [-0.4, -0.2) is 14.6 Å². The van der Waals surface area contributed by atoms with Gasteiger partial charge in [-0.25, -0.2) is 0 Å². The first-order chi connectivity index (χ1) is 12.0. The molecule has 2 heterocycles. The summed E-state index contributed by atoms with van der Waals surface area (Å²) >= 11 is 19.4. The molecule has 0 radical (unpaired) electrons. The molecule has 0 N–H and O–H groups in total. The highest BCUT2D eigenvalue weighted by Gasteiger charge is 2.12. The number of hydrogen-bond donors (Lipinski definition) is 0. The molecule has 8 heteroatoms. The molecule has 0 aliphatic rings. The van der Waals surface area contributed by atoms with Crippen molar-refractivity contribution in [1.29, 1.82) is 0 Å². The maximum absolute atomic E-state index is 12.6. The van der Waals surface area contributed by atoms with Gasteiger partial charge in [0.25, 0.3) is 5.56 Å². The van der Waals surface area contributed by atoms with Crippen molar-refractivity contribution in [2.75, 3.05) is 0 Å². The van der Waals surface area contributed by atoms with E-state index in [1.54, 1.807) is 36.4 Å². The average molecular weight is 409 g/mol. The number of fused-ring (bicyclic) bond motifs is 1. The van der Waals surface area contributed by atoms with Crippen molar-refractivity contribution in [2.24, 2.45) is 0 Å². The predicted molar refractivity (Wildman–Crippen MR) is 103 cm³/mol. The maximum Gasteiger partial charge on any atom is 0.291 e. The van der Waals surface area contributed by atoms with Crippen LogP contribution in [0.5, 0.6) is 0 Å². The van der Waals surface area contributed by atoms with E-state index in [1.165, 1.54) is 15.9 Å². The Morgan fingerprint density at radius 3 is 2.32 bits per heavy atom. The molecule has 0 fully saturated rings. The van der Waals surface area contributed by atoms with Gasteiger partial charge < -0.3 is 0 Å². The van der Waals surface area contributed by atoms with Gasteiger partial charge in [-0.2, -0.15) is 9.50 Å². The fourth-order valence-corrected chi connectivity index (χ4v) is 3.86. The summed E-state index contributed by atoms with van der Waals surface area (Å²) in [5.74, 6) is 0.474. The number of aromatic nitrogens is 3. The lowest BCUT2D eigenvalue weighted by atomic mass is 10.2. The van der Waals surface area contributed by atoms with Crippen molar-refractivity contribution in [3.05, 3.63) is 78.0 Å². The molecule has 0 aliphatic heterocycles. The molecule has 4 aromatic rings. The first-order valence-electron chi connectivity index (χ1n) is 7.14. The first-order valence-corrected chi connectivity index (χ1v) is 9.09. The van der Waals surface area contributed by atoms with E-state index < -0.39 is 0 Å². The van der Waals surface area contributed by atoms with Crippen LogP contribution < -0.4 is 10.1 Å². The third kappa shape index (κ3) is 3.04. The van der Waals surface area contributed by atoms with Gasteiger partial charge in [0, 0.05) is 26.2 Å². The van der Waals surface area contributed by atoms with Gasteiger partial charge in [-0.1, -0.05) is 52.2 Å². The molecule has 0 unspecified atom stereocenters. The molecule has 0 spiro atoms. The Morgan fingerprint density at radius 1 is 1.00 bits per heavy atom. The molecule has 0 amide bonds. The largest absolute Gasteiger partial charge is 0.291 e. The zero-order valence-corrected chi connectivity index (χ0v) is 15.5. The average Bonchev–Trinajstić information content (AvgIpc) is 3.12. The second-order valence-corrected chi connectivity index (χ2v) is 7.45. The Bertz CT molecular complexity index is 1180. The molecule has 4 nitrogen and oxygen atoms in total. The van der Waals surface area contributed by atoms with Gasteiger partial charge in [-0.3, -0.25) is 4.79 Å². The summed E-state index contributed by atoms with van der Waals surface area (Å²) in [7, 11) is 0. The monoisotopic (exact) mass is 407 g/mol. The molecule has 0 saturated heterocycles. The van der Waals surface area contributed by atoms with Crippen LogP contribution in [0.1, 0.15) is 5.56 Å². The van der Waals surface area contributed by atoms with Crippen LogP contribution in [0.4, 0.5) is 0 Å². The van der Waals surface area contributed by atoms with Gasteiger partial charge in [0.1, 0.15) is 0 Å². The number of rotatable bonds is 2. The third-order valence-corrected chi connectivity index (χ3v) is 5.43. The molecule has 25 heavy (non-hydrogen) atoms. The lowest BCUT2D eigenvalue weighted by Gasteiger charge is -1.99. The Balaban J connectivity index is 1.85.